The van der Waals surface area contributed by atoms with Crippen LogP contribution in [0.25, 0.3) is 0 Å². The number of hydrogen-bond acceptors (Lipinski definition) is 12. The minimum Gasteiger partial charge on any atom is -0.790 e. The first-order valence-corrected chi connectivity index (χ1v) is 9.34. The largest absolute Gasteiger partial charge is 1.00 e. The number of aromatic nitrogens is 2. The van der Waals surface area contributed by atoms with Crippen molar-refractivity contribution in [3.05, 3.63) is 33.1 Å². The number of aromatic amines is 1. The normalized spacial score (nSPS) is 26.3. The number of phosphoric acid groups is 2. The molecule has 1 aromatic heterocycles. The van der Waals surface area contributed by atoms with Crippen molar-refractivity contribution in [2.24, 2.45) is 0 Å². The molecule has 0 radical (unpaired) electrons. The van der Waals surface area contributed by atoms with Crippen molar-refractivity contribution in [1.29, 1.82) is 0 Å². The summed E-state index contributed by atoms with van der Waals surface area (Å²) < 4.78 is 34.6. The van der Waals surface area contributed by atoms with Crippen LogP contribution in [0.2, 0.25) is 0 Å². The third kappa shape index (κ3) is 9.13. The Morgan fingerprint density at radius 2 is 1.71 bits per heavy atom. The van der Waals surface area contributed by atoms with E-state index in [9.17, 15) is 43.6 Å². The van der Waals surface area contributed by atoms with Gasteiger partial charge in [-0.3, -0.25) is 23.2 Å². The van der Waals surface area contributed by atoms with Gasteiger partial charge in [-0.25, -0.2) is 4.79 Å². The van der Waals surface area contributed by atoms with Crippen LogP contribution in [0.15, 0.2) is 21.9 Å². The first-order valence-electron chi connectivity index (χ1n) is 6.42. The van der Waals surface area contributed by atoms with Crippen molar-refractivity contribution in [2.75, 3.05) is 6.61 Å². The molecule has 1 aromatic rings. The van der Waals surface area contributed by atoms with Crippen molar-refractivity contribution < 1.29 is 136 Å². The van der Waals surface area contributed by atoms with Crippen molar-refractivity contribution in [3.8, 4) is 0 Å². The van der Waals surface area contributed by atoms with Gasteiger partial charge >= 0.3 is 94.4 Å². The third-order valence-electron chi connectivity index (χ3n) is 3.06. The van der Waals surface area contributed by atoms with Gasteiger partial charge in [-0.05, 0) is 0 Å². The molecule has 3 N–H and O–H groups in total. The van der Waals surface area contributed by atoms with E-state index >= 15 is 0 Å². The Labute approximate surface area is 223 Å². The molecule has 142 valence electrons. The minimum absolute atomic E-state index is 0. The topological polar surface area (TPSA) is 226 Å². The Hall–Kier alpha value is 1.82. The minimum atomic E-state index is -5.88. The maximum atomic E-state index is 11.6. The van der Waals surface area contributed by atoms with Crippen molar-refractivity contribution in [2.45, 2.75) is 24.5 Å². The number of rotatable bonds is 6. The van der Waals surface area contributed by atoms with Crippen molar-refractivity contribution >= 4 is 15.6 Å². The molecule has 1 fully saturated rings. The maximum Gasteiger partial charge on any atom is 1.00 e. The average molecular weight is 470 g/mol. The summed E-state index contributed by atoms with van der Waals surface area (Å²) in [6.07, 6.45) is -5.51. The molecule has 0 bridgehead atoms. The number of nitrogens with one attached hydrogen (secondary N) is 1. The average Bonchev–Trinajstić information content (AvgIpc) is 2.71. The fraction of sp³-hybridized carbons (Fsp3) is 0.556. The van der Waals surface area contributed by atoms with Gasteiger partial charge in [-0.2, -0.15) is 0 Å². The molecule has 5 atom stereocenters. The van der Waals surface area contributed by atoms with Gasteiger partial charge in [0.1, 0.15) is 18.3 Å². The number of phosphoric ester groups is 1. The molecule has 2 rings (SSSR count). The Balaban J connectivity index is 0. The van der Waals surface area contributed by atoms with Crippen LogP contribution in [-0.4, -0.2) is 44.7 Å². The standard InChI is InChI=1S/C9H14N2O12P2.3Na/c12-5-1-2-11(9(15)10-5)8-7(14)6(13)4(22-8)3-21-25(19,20)23-24(16,17)18;;;/h1-2,4,6-8,13-14H,3H2,(H,19,20)(H,10,12,15)(H2,16,17,18);;;/q;3*+1/p-3/t4-,6-,7-,8-;;;/m0.../s1. The first-order chi connectivity index (χ1) is 11.4. The molecule has 19 heteroatoms. The van der Waals surface area contributed by atoms with Gasteiger partial charge in [-0.15, -0.1) is 0 Å². The number of aliphatic hydroxyl groups is 2. The van der Waals surface area contributed by atoms with Gasteiger partial charge in [0, 0.05) is 12.3 Å². The Bertz CT molecular complexity index is 842. The molecule has 2 heterocycles. The first kappa shape index (κ1) is 32.0. The summed E-state index contributed by atoms with van der Waals surface area (Å²) >= 11 is 0. The second kappa shape index (κ2) is 12.8. The van der Waals surface area contributed by atoms with E-state index in [0.29, 0.717) is 0 Å². The van der Waals surface area contributed by atoms with E-state index in [0.717, 1.165) is 16.8 Å². The molecule has 14 nitrogen and oxygen atoms in total. The molecule has 0 spiro atoms. The smallest absolute Gasteiger partial charge is 0.790 e. The third-order valence-corrected chi connectivity index (χ3v) is 5.12. The summed E-state index contributed by atoms with van der Waals surface area (Å²) in [7, 11) is -11.4. The number of H-pyrrole nitrogens is 1. The summed E-state index contributed by atoms with van der Waals surface area (Å²) in [5, 5.41) is 19.7. The second-order valence-electron chi connectivity index (χ2n) is 4.84. The predicted octanol–water partition coefficient (Wildman–Crippen LogP) is -13.5. The molecule has 0 aromatic carbocycles. The zero-order valence-corrected chi connectivity index (χ0v) is 22.8. The Kier molecular flexibility index (Phi) is 14.6. The Morgan fingerprint density at radius 3 is 2.21 bits per heavy atom. The molecule has 0 aliphatic carbocycles. The van der Waals surface area contributed by atoms with E-state index in [4.69, 9.17) is 4.74 Å². The fourth-order valence-corrected chi connectivity index (χ4v) is 3.53. The molecule has 1 unspecified atom stereocenters. The molecule has 28 heavy (non-hydrogen) atoms. The number of aliphatic hydroxyl groups excluding tert-OH is 2. The summed E-state index contributed by atoms with van der Waals surface area (Å²) in [6.45, 7) is -1.02. The quantitative estimate of drug-likeness (QED) is 0.260. The van der Waals surface area contributed by atoms with E-state index in [-0.39, 0.29) is 88.7 Å². The molecule has 0 saturated carbocycles. The Morgan fingerprint density at radius 1 is 1.14 bits per heavy atom. The van der Waals surface area contributed by atoms with Crippen LogP contribution in [0, 0.1) is 0 Å². The molecule has 1 aliphatic heterocycles. The maximum absolute atomic E-state index is 11.6. The van der Waals surface area contributed by atoms with Crippen molar-refractivity contribution in [3.63, 3.8) is 0 Å². The van der Waals surface area contributed by atoms with Crippen LogP contribution in [0.4, 0.5) is 0 Å². The molecule has 0 amide bonds. The van der Waals surface area contributed by atoms with Crippen LogP contribution in [-0.2, 0) is 22.7 Å². The van der Waals surface area contributed by atoms with E-state index in [1.807, 2.05) is 4.98 Å². The van der Waals surface area contributed by atoms with Crippen LogP contribution >= 0.6 is 15.6 Å². The fourth-order valence-electron chi connectivity index (χ4n) is 2.04. The van der Waals surface area contributed by atoms with Crippen LogP contribution in [0.1, 0.15) is 6.23 Å². The van der Waals surface area contributed by atoms with Crippen molar-refractivity contribution in [1.82, 2.24) is 9.55 Å². The van der Waals surface area contributed by atoms with E-state index in [1.54, 1.807) is 0 Å². The summed E-state index contributed by atoms with van der Waals surface area (Å²) in [5.41, 5.74) is -1.69. The van der Waals surface area contributed by atoms with Gasteiger partial charge in [0.25, 0.3) is 13.4 Å². The molecular formula is C9H11N2Na3O12P2. The monoisotopic (exact) mass is 470 g/mol. The summed E-state index contributed by atoms with van der Waals surface area (Å²) in [5.74, 6) is 0. The van der Waals surface area contributed by atoms with E-state index in [2.05, 4.69) is 8.83 Å². The molecule has 1 aliphatic rings. The van der Waals surface area contributed by atoms with Crippen LogP contribution in [0.3, 0.4) is 0 Å². The van der Waals surface area contributed by atoms with Gasteiger partial charge in [0.2, 0.25) is 0 Å². The van der Waals surface area contributed by atoms with Gasteiger partial charge < -0.3 is 38.7 Å². The van der Waals surface area contributed by atoms with E-state index < -0.39 is 58.0 Å². The summed E-state index contributed by atoms with van der Waals surface area (Å²) in [4.78, 5) is 56.2. The van der Waals surface area contributed by atoms with E-state index in [1.165, 1.54) is 0 Å². The zero-order chi connectivity index (χ0) is 19.0. The zero-order valence-electron chi connectivity index (χ0n) is 15.0. The predicted molar refractivity (Wildman–Crippen MR) is 69.5 cm³/mol. The summed E-state index contributed by atoms with van der Waals surface area (Å²) in [6, 6.07) is 0.938. The van der Waals surface area contributed by atoms with Gasteiger partial charge in [-0.1, -0.05) is 0 Å². The van der Waals surface area contributed by atoms with Gasteiger partial charge in [0.05, 0.1) is 14.4 Å². The second-order valence-corrected chi connectivity index (χ2v) is 7.54. The number of ether oxygens (including phenoxy) is 1. The van der Waals surface area contributed by atoms with Gasteiger partial charge in [0.15, 0.2) is 6.23 Å². The van der Waals surface area contributed by atoms with Crippen LogP contribution in [0.5, 0.6) is 0 Å². The SMILES string of the molecule is O=c1ccn([C@H]2O[C@@H](COP(=O)([O-])OP(=O)([O-])[O-])[C@H](O)[C@@H]2O)c(=O)[nH]1.[Na+].[Na+].[Na+]. The molecular weight excluding hydrogens is 459 g/mol. The number of hydrogen-bond donors (Lipinski definition) is 3. The van der Waals surface area contributed by atoms with Crippen LogP contribution < -0.4 is 115 Å². The number of nitrogens with zero attached hydrogens (tertiary/aromatic N) is 1. The molecule has 1 saturated heterocycles.